The summed E-state index contributed by atoms with van der Waals surface area (Å²) in [6, 6.07) is 10.7. The van der Waals surface area contributed by atoms with E-state index in [9.17, 15) is 9.90 Å². The maximum atomic E-state index is 13.4. The number of nitriles is 1. The van der Waals surface area contributed by atoms with Crippen LogP contribution in [0, 0.1) is 16.7 Å². The molecule has 0 unspecified atom stereocenters. The molecule has 27 heavy (non-hydrogen) atoms. The van der Waals surface area contributed by atoms with Crippen molar-refractivity contribution in [3.8, 4) is 6.07 Å². The van der Waals surface area contributed by atoms with E-state index < -0.39 is 0 Å². The van der Waals surface area contributed by atoms with E-state index in [2.05, 4.69) is 28.0 Å². The molecule has 1 spiro atoms. The lowest BCUT2D eigenvalue weighted by molar-refractivity contribution is -0.139. The number of benzene rings is 1. The number of hydrogen-bond acceptors (Lipinski definition) is 4. The molecule has 3 aliphatic rings. The molecule has 2 heterocycles. The summed E-state index contributed by atoms with van der Waals surface area (Å²) in [5.74, 6) is 0.335. The van der Waals surface area contributed by atoms with E-state index in [0.29, 0.717) is 18.4 Å². The number of amides is 1. The smallest absolute Gasteiger partial charge is 0.230 e. The van der Waals surface area contributed by atoms with E-state index in [-0.39, 0.29) is 11.5 Å². The van der Waals surface area contributed by atoms with Crippen molar-refractivity contribution in [3.63, 3.8) is 0 Å². The minimum Gasteiger partial charge on any atom is -0.393 e. The molecule has 1 saturated carbocycles. The second-order valence-electron chi connectivity index (χ2n) is 8.52. The second kappa shape index (κ2) is 7.52. The number of likely N-dealkylation sites (tertiary alicyclic amines) is 1. The molecule has 4 rings (SSSR count). The van der Waals surface area contributed by atoms with E-state index in [1.54, 1.807) is 0 Å². The first-order chi connectivity index (χ1) is 13.1. The van der Waals surface area contributed by atoms with Gasteiger partial charge in [-0.05, 0) is 62.6 Å². The van der Waals surface area contributed by atoms with E-state index in [4.69, 9.17) is 5.26 Å². The zero-order valence-electron chi connectivity index (χ0n) is 15.9. The van der Waals surface area contributed by atoms with Crippen molar-refractivity contribution in [2.45, 2.75) is 63.5 Å². The van der Waals surface area contributed by atoms with Crippen LogP contribution in [0.4, 0.5) is 5.69 Å². The van der Waals surface area contributed by atoms with Gasteiger partial charge in [0.1, 0.15) is 0 Å². The molecule has 5 nitrogen and oxygen atoms in total. The van der Waals surface area contributed by atoms with Gasteiger partial charge in [-0.1, -0.05) is 12.1 Å². The van der Waals surface area contributed by atoms with Gasteiger partial charge in [-0.15, -0.1) is 0 Å². The van der Waals surface area contributed by atoms with E-state index in [0.717, 1.165) is 75.8 Å². The zero-order chi connectivity index (χ0) is 18.9. The quantitative estimate of drug-likeness (QED) is 0.892. The van der Waals surface area contributed by atoms with Gasteiger partial charge in [0.2, 0.25) is 5.91 Å². The third-order valence-electron chi connectivity index (χ3n) is 6.79. The molecular weight excluding hydrogens is 338 g/mol. The van der Waals surface area contributed by atoms with Gasteiger partial charge in [-0.3, -0.25) is 4.79 Å². The molecular formula is C22H29N3O2. The lowest BCUT2D eigenvalue weighted by atomic mass is 9.78. The average molecular weight is 367 g/mol. The van der Waals surface area contributed by atoms with Gasteiger partial charge >= 0.3 is 0 Å². The van der Waals surface area contributed by atoms with Gasteiger partial charge in [-0.25, -0.2) is 0 Å². The van der Waals surface area contributed by atoms with Crippen molar-refractivity contribution in [2.75, 3.05) is 24.5 Å². The van der Waals surface area contributed by atoms with Crippen molar-refractivity contribution in [1.82, 2.24) is 4.90 Å². The van der Waals surface area contributed by atoms with Crippen LogP contribution in [-0.4, -0.2) is 47.7 Å². The molecule has 5 heteroatoms. The minimum atomic E-state index is -0.250. The standard InChI is InChI=1S/C22H29N3O2/c23-12-9-17-3-1-4-19(15-17)24-13-2-10-22(16-24)11-14-25(21(22)27)18-5-7-20(26)8-6-18/h1,3-4,15,18,20,26H,2,5-11,13-14,16H2/t18?,20?,22-/m1/s1. The average Bonchev–Trinajstić information content (AvgIpc) is 2.99. The highest BCUT2D eigenvalue weighted by Crippen LogP contribution is 2.43. The molecule has 1 atom stereocenters. The van der Waals surface area contributed by atoms with Gasteiger partial charge in [0, 0.05) is 31.4 Å². The van der Waals surface area contributed by atoms with E-state index >= 15 is 0 Å². The predicted octanol–water partition coefficient (Wildman–Crippen LogP) is 2.88. The highest BCUT2D eigenvalue weighted by atomic mass is 16.3. The summed E-state index contributed by atoms with van der Waals surface area (Å²) in [5, 5.41) is 18.7. The Morgan fingerprint density at radius 3 is 2.78 bits per heavy atom. The molecule has 2 saturated heterocycles. The number of aliphatic hydroxyl groups is 1. The Morgan fingerprint density at radius 1 is 1.19 bits per heavy atom. The van der Waals surface area contributed by atoms with Crippen LogP contribution in [0.3, 0.4) is 0 Å². The molecule has 0 radical (unpaired) electrons. The zero-order valence-corrected chi connectivity index (χ0v) is 15.9. The second-order valence-corrected chi connectivity index (χ2v) is 8.52. The fourth-order valence-electron chi connectivity index (χ4n) is 5.25. The number of piperidine rings is 1. The Balaban J connectivity index is 1.48. The van der Waals surface area contributed by atoms with Crippen molar-refractivity contribution in [2.24, 2.45) is 5.41 Å². The lowest BCUT2D eigenvalue weighted by Gasteiger charge is -2.41. The van der Waals surface area contributed by atoms with Gasteiger partial charge in [-0.2, -0.15) is 5.26 Å². The Bertz CT molecular complexity index is 735. The minimum absolute atomic E-state index is 0.182. The molecule has 1 aromatic rings. The number of carbonyl (C=O) groups excluding carboxylic acids is 1. The van der Waals surface area contributed by atoms with Gasteiger partial charge in [0.15, 0.2) is 0 Å². The lowest BCUT2D eigenvalue weighted by Crippen LogP contribution is -2.50. The van der Waals surface area contributed by atoms with Gasteiger partial charge < -0.3 is 14.9 Å². The number of carbonyl (C=O) groups is 1. The Morgan fingerprint density at radius 2 is 2.00 bits per heavy atom. The number of hydrogen-bond donors (Lipinski definition) is 1. The summed E-state index contributed by atoms with van der Waals surface area (Å²) in [5.41, 5.74) is 1.92. The molecule has 0 bridgehead atoms. The van der Waals surface area contributed by atoms with Crippen LogP contribution in [0.2, 0.25) is 0 Å². The summed E-state index contributed by atoms with van der Waals surface area (Å²) in [6.07, 6.45) is 6.70. The van der Waals surface area contributed by atoms with Crippen LogP contribution >= 0.6 is 0 Å². The summed E-state index contributed by atoms with van der Waals surface area (Å²) >= 11 is 0. The molecule has 2 aliphatic heterocycles. The number of aliphatic hydroxyl groups excluding tert-OH is 1. The summed E-state index contributed by atoms with van der Waals surface area (Å²) in [7, 11) is 0. The monoisotopic (exact) mass is 367 g/mol. The normalized spacial score (nSPS) is 31.3. The Labute approximate surface area is 161 Å². The number of anilines is 1. The highest BCUT2D eigenvalue weighted by Gasteiger charge is 2.50. The first-order valence-electron chi connectivity index (χ1n) is 10.3. The van der Waals surface area contributed by atoms with Crippen molar-refractivity contribution in [1.29, 1.82) is 5.26 Å². The maximum Gasteiger partial charge on any atom is 0.230 e. The third-order valence-corrected chi connectivity index (χ3v) is 6.79. The Kier molecular flexibility index (Phi) is 5.10. The van der Waals surface area contributed by atoms with Crippen molar-refractivity contribution < 1.29 is 9.90 Å². The fraction of sp³-hybridized carbons (Fsp3) is 0.636. The van der Waals surface area contributed by atoms with Crippen LogP contribution in [0.25, 0.3) is 0 Å². The van der Waals surface area contributed by atoms with Crippen molar-refractivity contribution in [3.05, 3.63) is 29.8 Å². The SMILES string of the molecule is N#CCc1cccc(N2CCC[C@@]3(CCN(C4CCC(O)CC4)C3=O)C2)c1. The molecule has 1 N–H and O–H groups in total. The number of rotatable bonds is 3. The molecule has 1 aromatic carbocycles. The largest absolute Gasteiger partial charge is 0.393 e. The fourth-order valence-corrected chi connectivity index (χ4v) is 5.25. The predicted molar refractivity (Wildman–Crippen MR) is 104 cm³/mol. The van der Waals surface area contributed by atoms with Gasteiger partial charge in [0.25, 0.3) is 0 Å². The molecule has 1 amide bonds. The molecule has 144 valence electrons. The van der Waals surface area contributed by atoms with Crippen LogP contribution in [0.5, 0.6) is 0 Å². The van der Waals surface area contributed by atoms with Crippen LogP contribution in [0.15, 0.2) is 24.3 Å². The maximum absolute atomic E-state index is 13.4. The van der Waals surface area contributed by atoms with E-state index in [1.165, 1.54) is 0 Å². The highest BCUT2D eigenvalue weighted by molar-refractivity contribution is 5.86. The summed E-state index contributed by atoms with van der Waals surface area (Å²) < 4.78 is 0. The summed E-state index contributed by atoms with van der Waals surface area (Å²) in [6.45, 7) is 2.62. The molecule has 0 aromatic heterocycles. The summed E-state index contributed by atoms with van der Waals surface area (Å²) in [4.78, 5) is 17.9. The Hall–Kier alpha value is -2.06. The van der Waals surface area contributed by atoms with Crippen LogP contribution < -0.4 is 4.90 Å². The molecule has 3 fully saturated rings. The third kappa shape index (κ3) is 3.55. The van der Waals surface area contributed by atoms with Crippen LogP contribution in [-0.2, 0) is 11.2 Å². The first kappa shape index (κ1) is 18.3. The first-order valence-corrected chi connectivity index (χ1v) is 10.3. The van der Waals surface area contributed by atoms with Gasteiger partial charge in [0.05, 0.1) is 24.0 Å². The van der Waals surface area contributed by atoms with E-state index in [1.807, 2.05) is 12.1 Å². The van der Waals surface area contributed by atoms with Crippen LogP contribution in [0.1, 0.15) is 50.5 Å². The number of nitrogens with zero attached hydrogens (tertiary/aromatic N) is 3. The topological polar surface area (TPSA) is 67.6 Å². The molecule has 1 aliphatic carbocycles. The van der Waals surface area contributed by atoms with Crippen molar-refractivity contribution >= 4 is 11.6 Å².